The summed E-state index contributed by atoms with van der Waals surface area (Å²) < 4.78 is 10.8. The average Bonchev–Trinajstić information content (AvgIpc) is 2.99. The molecular weight excluding hydrogens is 358 g/mol. The molecule has 1 unspecified atom stereocenters. The minimum atomic E-state index is -1.11. The molecule has 0 spiro atoms. The van der Waals surface area contributed by atoms with Gasteiger partial charge in [0.25, 0.3) is 0 Å². The van der Waals surface area contributed by atoms with Crippen LogP contribution in [0.2, 0.25) is 0 Å². The van der Waals surface area contributed by atoms with Gasteiger partial charge in [0, 0.05) is 18.9 Å². The van der Waals surface area contributed by atoms with Crippen molar-refractivity contribution < 1.29 is 24.2 Å². The Kier molecular flexibility index (Phi) is 6.31. The predicted molar refractivity (Wildman–Crippen MR) is 105 cm³/mol. The number of aliphatic carboxylic acids is 1. The summed E-state index contributed by atoms with van der Waals surface area (Å²) in [6, 6.07) is 15.0. The maximum Gasteiger partial charge on any atom is 0.407 e. The summed E-state index contributed by atoms with van der Waals surface area (Å²) in [5.41, 5.74) is 4.50. The van der Waals surface area contributed by atoms with E-state index in [4.69, 9.17) is 9.47 Å². The lowest BCUT2D eigenvalue weighted by atomic mass is 9.98. The van der Waals surface area contributed by atoms with Crippen LogP contribution in [0.25, 0.3) is 11.1 Å². The minimum Gasteiger partial charge on any atom is -0.480 e. The van der Waals surface area contributed by atoms with Crippen LogP contribution in [0.4, 0.5) is 4.79 Å². The second-order valence-corrected chi connectivity index (χ2v) is 7.07. The number of carboxylic acids is 1. The average molecular weight is 383 g/mol. The second kappa shape index (κ2) is 8.89. The molecule has 0 fully saturated rings. The highest BCUT2D eigenvalue weighted by Gasteiger charge is 2.29. The number of amides is 1. The molecule has 0 aromatic heterocycles. The van der Waals surface area contributed by atoms with Gasteiger partial charge in [-0.2, -0.15) is 0 Å². The van der Waals surface area contributed by atoms with Gasteiger partial charge in [0.2, 0.25) is 0 Å². The van der Waals surface area contributed by atoms with Gasteiger partial charge in [0.05, 0.1) is 6.10 Å². The number of hydrogen-bond acceptors (Lipinski definition) is 4. The van der Waals surface area contributed by atoms with Crippen molar-refractivity contribution in [2.24, 2.45) is 0 Å². The third-order valence-electron chi connectivity index (χ3n) is 4.79. The fourth-order valence-corrected chi connectivity index (χ4v) is 3.46. The second-order valence-electron chi connectivity index (χ2n) is 7.07. The van der Waals surface area contributed by atoms with Crippen LogP contribution in [0.5, 0.6) is 0 Å². The summed E-state index contributed by atoms with van der Waals surface area (Å²) in [5.74, 6) is -1.17. The molecule has 2 aromatic carbocycles. The van der Waals surface area contributed by atoms with Gasteiger partial charge in [0.15, 0.2) is 0 Å². The topological polar surface area (TPSA) is 84.9 Å². The van der Waals surface area contributed by atoms with Crippen LogP contribution in [0, 0.1) is 0 Å². The van der Waals surface area contributed by atoms with Crippen LogP contribution in [-0.4, -0.2) is 42.5 Å². The molecular formula is C22H25NO5. The Morgan fingerprint density at radius 1 is 1.04 bits per heavy atom. The number of benzene rings is 2. The molecule has 3 rings (SSSR count). The molecule has 0 heterocycles. The van der Waals surface area contributed by atoms with E-state index in [1.165, 1.54) is 0 Å². The summed E-state index contributed by atoms with van der Waals surface area (Å²) >= 11 is 0. The molecule has 1 aliphatic carbocycles. The van der Waals surface area contributed by atoms with Gasteiger partial charge in [-0.15, -0.1) is 0 Å². The first-order valence-electron chi connectivity index (χ1n) is 9.43. The van der Waals surface area contributed by atoms with Crippen molar-refractivity contribution in [2.75, 3.05) is 13.2 Å². The van der Waals surface area contributed by atoms with Crippen molar-refractivity contribution in [1.82, 2.24) is 5.32 Å². The number of carbonyl (C=O) groups is 2. The number of fused-ring (bicyclic) bond motifs is 3. The highest BCUT2D eigenvalue weighted by Crippen LogP contribution is 2.44. The minimum absolute atomic E-state index is 0.00361. The Bertz CT molecular complexity index is 803. The number of ether oxygens (including phenoxy) is 2. The van der Waals surface area contributed by atoms with Crippen molar-refractivity contribution in [3.63, 3.8) is 0 Å². The van der Waals surface area contributed by atoms with Gasteiger partial charge in [-0.05, 0) is 36.1 Å². The Hall–Kier alpha value is -2.86. The first kappa shape index (κ1) is 19.9. The van der Waals surface area contributed by atoms with Crippen molar-refractivity contribution in [2.45, 2.75) is 38.3 Å². The van der Waals surface area contributed by atoms with Crippen LogP contribution in [0.1, 0.15) is 37.3 Å². The van der Waals surface area contributed by atoms with Gasteiger partial charge in [-0.25, -0.2) is 9.59 Å². The molecule has 0 radical (unpaired) electrons. The molecule has 6 nitrogen and oxygen atoms in total. The molecule has 2 N–H and O–H groups in total. The monoisotopic (exact) mass is 383 g/mol. The Labute approximate surface area is 164 Å². The van der Waals surface area contributed by atoms with E-state index in [0.717, 1.165) is 22.3 Å². The van der Waals surface area contributed by atoms with Crippen molar-refractivity contribution in [3.8, 4) is 11.1 Å². The molecule has 1 atom stereocenters. The molecule has 0 saturated carbocycles. The van der Waals surface area contributed by atoms with Crippen LogP contribution in [0.15, 0.2) is 48.5 Å². The SMILES string of the molecule is CC(C)OCCC(NC(=O)OCC1c2ccccc2-c2ccccc21)C(=O)O. The summed E-state index contributed by atoms with van der Waals surface area (Å²) in [4.78, 5) is 23.6. The third-order valence-corrected chi connectivity index (χ3v) is 4.79. The van der Waals surface area contributed by atoms with E-state index in [1.807, 2.05) is 50.2 Å². The zero-order valence-corrected chi connectivity index (χ0v) is 16.1. The van der Waals surface area contributed by atoms with Crippen LogP contribution in [-0.2, 0) is 14.3 Å². The Balaban J connectivity index is 1.62. The molecule has 0 saturated heterocycles. The van der Waals surface area contributed by atoms with Gasteiger partial charge >= 0.3 is 12.1 Å². The maximum absolute atomic E-state index is 12.2. The highest BCUT2D eigenvalue weighted by molar-refractivity contribution is 5.81. The van der Waals surface area contributed by atoms with Crippen LogP contribution in [0.3, 0.4) is 0 Å². The molecule has 1 amide bonds. The lowest BCUT2D eigenvalue weighted by Gasteiger charge is -2.18. The standard InChI is InChI=1S/C22H25NO5/c1-14(2)27-12-11-20(21(24)25)23-22(26)28-13-19-17-9-5-3-7-15(17)16-8-4-6-10-18(16)19/h3-10,14,19-20H,11-13H2,1-2H3,(H,23,26)(H,24,25). The number of carbonyl (C=O) groups excluding carboxylic acids is 1. The highest BCUT2D eigenvalue weighted by atomic mass is 16.5. The van der Waals surface area contributed by atoms with E-state index in [0.29, 0.717) is 0 Å². The van der Waals surface area contributed by atoms with Crippen molar-refractivity contribution in [1.29, 1.82) is 0 Å². The number of nitrogens with one attached hydrogen (secondary N) is 1. The van der Waals surface area contributed by atoms with Gasteiger partial charge in [-0.3, -0.25) is 0 Å². The predicted octanol–water partition coefficient (Wildman–Crippen LogP) is 3.79. The van der Waals surface area contributed by atoms with E-state index in [-0.39, 0.29) is 31.7 Å². The van der Waals surface area contributed by atoms with E-state index in [2.05, 4.69) is 17.4 Å². The van der Waals surface area contributed by atoms with Crippen molar-refractivity contribution >= 4 is 12.1 Å². The fourth-order valence-electron chi connectivity index (χ4n) is 3.46. The van der Waals surface area contributed by atoms with Gasteiger partial charge in [-0.1, -0.05) is 48.5 Å². The van der Waals surface area contributed by atoms with E-state index in [1.54, 1.807) is 0 Å². The van der Waals surface area contributed by atoms with E-state index >= 15 is 0 Å². The molecule has 1 aliphatic rings. The summed E-state index contributed by atoms with van der Waals surface area (Å²) in [5, 5.41) is 11.7. The van der Waals surface area contributed by atoms with E-state index in [9.17, 15) is 14.7 Å². The van der Waals surface area contributed by atoms with Crippen LogP contribution < -0.4 is 5.32 Å². The quantitative estimate of drug-likeness (QED) is 0.724. The largest absolute Gasteiger partial charge is 0.480 e. The maximum atomic E-state index is 12.2. The number of alkyl carbamates (subject to hydrolysis) is 1. The number of rotatable bonds is 8. The summed E-state index contributed by atoms with van der Waals surface area (Å²) in [6.07, 6.45) is -0.555. The number of hydrogen-bond donors (Lipinski definition) is 2. The Morgan fingerprint density at radius 3 is 2.14 bits per heavy atom. The third kappa shape index (κ3) is 4.51. The zero-order chi connectivity index (χ0) is 20.1. The normalized spacial score (nSPS) is 13.7. The van der Waals surface area contributed by atoms with Gasteiger partial charge in [0.1, 0.15) is 12.6 Å². The fraction of sp³-hybridized carbons (Fsp3) is 0.364. The molecule has 6 heteroatoms. The molecule has 0 aliphatic heterocycles. The smallest absolute Gasteiger partial charge is 0.407 e. The molecule has 28 heavy (non-hydrogen) atoms. The molecule has 148 valence electrons. The first-order valence-corrected chi connectivity index (χ1v) is 9.43. The lowest BCUT2D eigenvalue weighted by Crippen LogP contribution is -2.42. The summed E-state index contributed by atoms with van der Waals surface area (Å²) in [6.45, 7) is 4.14. The molecule has 2 aromatic rings. The van der Waals surface area contributed by atoms with Crippen molar-refractivity contribution in [3.05, 3.63) is 59.7 Å². The van der Waals surface area contributed by atoms with Crippen LogP contribution >= 0.6 is 0 Å². The summed E-state index contributed by atoms with van der Waals surface area (Å²) in [7, 11) is 0. The van der Waals surface area contributed by atoms with E-state index < -0.39 is 18.1 Å². The Morgan fingerprint density at radius 2 is 1.61 bits per heavy atom. The lowest BCUT2D eigenvalue weighted by molar-refractivity contribution is -0.140. The zero-order valence-electron chi connectivity index (χ0n) is 16.1. The first-order chi connectivity index (χ1) is 13.5. The number of carboxylic acid groups (broad SMARTS) is 1. The van der Waals surface area contributed by atoms with Gasteiger partial charge < -0.3 is 19.9 Å². The molecule has 0 bridgehead atoms.